The molecule has 1 fully saturated rings. The molecule has 47 heavy (non-hydrogen) atoms. The summed E-state index contributed by atoms with van der Waals surface area (Å²) in [5.41, 5.74) is -4.64. The highest BCUT2D eigenvalue weighted by atomic mass is 19.4. The lowest BCUT2D eigenvalue weighted by Crippen LogP contribution is -2.63. The number of esters is 4. The summed E-state index contributed by atoms with van der Waals surface area (Å²) < 4.78 is 68.8. The zero-order valence-electron chi connectivity index (χ0n) is 29.2. The Hall–Kier alpha value is -3.48. The zero-order valence-corrected chi connectivity index (χ0v) is 29.2. The molecular weight excluding hydrogens is 623 g/mol. The molecule has 2 rings (SSSR count). The molecule has 0 radical (unpaired) electrons. The largest absolute Gasteiger partial charge is 0.462 e. The molecule has 1 heterocycles. The third-order valence-corrected chi connectivity index (χ3v) is 6.78. The highest BCUT2D eigenvalue weighted by Gasteiger charge is 2.54. The van der Waals surface area contributed by atoms with Crippen molar-refractivity contribution >= 4 is 30.1 Å². The number of hydrogen-bond acceptors (Lipinski definition) is 10. The van der Waals surface area contributed by atoms with Gasteiger partial charge in [0.2, 0.25) is 0 Å². The van der Waals surface area contributed by atoms with E-state index in [-0.39, 0.29) is 5.56 Å². The highest BCUT2D eigenvalue weighted by molar-refractivity contribution is 5.80. The van der Waals surface area contributed by atoms with Crippen LogP contribution in [0.15, 0.2) is 29.3 Å². The van der Waals surface area contributed by atoms with E-state index >= 15 is 0 Å². The maximum Gasteiger partial charge on any atom is 0.416 e. The summed E-state index contributed by atoms with van der Waals surface area (Å²) in [6.45, 7) is 18.9. The first-order valence-electron chi connectivity index (χ1n) is 15.3. The Kier molecular flexibility index (Phi) is 12.1. The van der Waals surface area contributed by atoms with E-state index in [1.54, 1.807) is 83.1 Å². The molecular formula is C34H48F3NO9. The van der Waals surface area contributed by atoms with Crippen LogP contribution in [0.5, 0.6) is 0 Å². The molecule has 13 heteroatoms. The predicted molar refractivity (Wildman–Crippen MR) is 166 cm³/mol. The van der Waals surface area contributed by atoms with Crippen molar-refractivity contribution in [1.82, 2.24) is 0 Å². The van der Waals surface area contributed by atoms with Crippen molar-refractivity contribution < 1.29 is 56.0 Å². The second-order valence-electron chi connectivity index (χ2n) is 15.7. The maximum atomic E-state index is 13.3. The second-order valence-corrected chi connectivity index (χ2v) is 15.7. The van der Waals surface area contributed by atoms with Gasteiger partial charge in [-0.05, 0) is 101 Å². The SMILES string of the molecule is CC(C)(C)C(=O)OC[C@H]1O[C@@H](/N=C/c2ccc(C(F)(F)F)cc2)[C@H](OC(=O)C(C)(C)C)[C@@H](OC(=O)C(C)(C)C)[C@@H]1OC(=O)C(C)(C)C. The standard InChI is InChI=1S/C34H48F3NO9/c1-30(2,3)26(39)43-18-21-22(45-27(40)31(4,5)6)23(46-28(41)32(7,8)9)24(47-29(42)33(10,11)12)25(44-21)38-17-19-13-15-20(16-14-19)34(35,36)37/h13-17,21-25H,18H2,1-12H3/b38-17+/t21-,22-,23+,24-,25-/m1/s1. The fourth-order valence-corrected chi connectivity index (χ4v) is 3.74. The van der Waals surface area contributed by atoms with E-state index in [4.69, 9.17) is 23.7 Å². The predicted octanol–water partition coefficient (Wildman–Crippen LogP) is 6.31. The fourth-order valence-electron chi connectivity index (χ4n) is 3.74. The minimum absolute atomic E-state index is 0.253. The molecule has 0 saturated carbocycles. The molecule has 0 unspecified atom stereocenters. The smallest absolute Gasteiger partial charge is 0.416 e. The van der Waals surface area contributed by atoms with Crippen molar-refractivity contribution in [2.45, 2.75) is 120 Å². The molecule has 1 aromatic carbocycles. The lowest BCUT2D eigenvalue weighted by Gasteiger charge is -2.45. The number of benzene rings is 1. The summed E-state index contributed by atoms with van der Waals surface area (Å²) in [5.74, 6) is -2.76. The van der Waals surface area contributed by atoms with Crippen LogP contribution in [0.3, 0.4) is 0 Å². The van der Waals surface area contributed by atoms with Crippen molar-refractivity contribution in [3.8, 4) is 0 Å². The first-order chi connectivity index (χ1) is 21.1. The summed E-state index contributed by atoms with van der Waals surface area (Å²) in [5, 5.41) is 0. The van der Waals surface area contributed by atoms with Crippen molar-refractivity contribution in [3.05, 3.63) is 35.4 Å². The molecule has 0 amide bonds. The number of carbonyl (C=O) groups excluding carboxylic acids is 4. The second kappa shape index (κ2) is 14.3. The molecule has 1 aromatic rings. The van der Waals surface area contributed by atoms with Gasteiger partial charge in [0.15, 0.2) is 24.5 Å². The zero-order chi connectivity index (χ0) is 36.3. The molecule has 10 nitrogen and oxygen atoms in total. The molecule has 1 aliphatic rings. The Bertz CT molecular complexity index is 1310. The molecule has 5 atom stereocenters. The fraction of sp³-hybridized carbons (Fsp3) is 0.676. The molecule has 1 aliphatic heterocycles. The Balaban J connectivity index is 2.73. The lowest BCUT2D eigenvalue weighted by molar-refractivity contribution is -0.258. The van der Waals surface area contributed by atoms with Crippen molar-refractivity contribution in [2.24, 2.45) is 26.7 Å². The van der Waals surface area contributed by atoms with Gasteiger partial charge in [0.05, 0.1) is 27.2 Å². The summed E-state index contributed by atoms with van der Waals surface area (Å²) in [6, 6.07) is 4.15. The van der Waals surface area contributed by atoms with E-state index in [1.165, 1.54) is 18.3 Å². The number of halogens is 3. The monoisotopic (exact) mass is 671 g/mol. The molecule has 0 aliphatic carbocycles. The minimum Gasteiger partial charge on any atom is -0.462 e. The molecule has 0 N–H and O–H groups in total. The number of nitrogens with zero attached hydrogens (tertiary/aromatic N) is 1. The highest BCUT2D eigenvalue weighted by Crippen LogP contribution is 2.35. The van der Waals surface area contributed by atoms with E-state index in [0.717, 1.165) is 12.1 Å². The average molecular weight is 672 g/mol. The molecule has 264 valence electrons. The van der Waals surface area contributed by atoms with E-state index in [0.29, 0.717) is 0 Å². The normalized spacial score (nSPS) is 22.8. The average Bonchev–Trinajstić information content (AvgIpc) is 2.90. The number of aliphatic imine (C=N–C) groups is 1. The van der Waals surface area contributed by atoms with Gasteiger partial charge < -0.3 is 23.7 Å². The Morgan fingerprint density at radius 1 is 0.660 bits per heavy atom. The molecule has 1 saturated heterocycles. The maximum absolute atomic E-state index is 13.3. The number of rotatable bonds is 7. The van der Waals surface area contributed by atoms with Crippen LogP contribution in [-0.2, 0) is 49.0 Å². The van der Waals surface area contributed by atoms with Gasteiger partial charge in [0, 0.05) is 6.21 Å². The first kappa shape index (κ1) is 39.7. The summed E-state index contributed by atoms with van der Waals surface area (Å²) in [6.07, 6.45) is -10.5. The van der Waals surface area contributed by atoms with Gasteiger partial charge in [-0.15, -0.1) is 0 Å². The Morgan fingerprint density at radius 3 is 1.47 bits per heavy atom. The van der Waals surface area contributed by atoms with Crippen molar-refractivity contribution in [3.63, 3.8) is 0 Å². The van der Waals surface area contributed by atoms with Crippen molar-refractivity contribution in [1.29, 1.82) is 0 Å². The van der Waals surface area contributed by atoms with Gasteiger partial charge in [-0.25, -0.2) is 0 Å². The topological polar surface area (TPSA) is 127 Å². The molecule has 0 spiro atoms. The van der Waals surface area contributed by atoms with Crippen LogP contribution >= 0.6 is 0 Å². The van der Waals surface area contributed by atoms with Crippen LogP contribution in [0.1, 0.15) is 94.2 Å². The number of ether oxygens (including phenoxy) is 5. The summed E-state index contributed by atoms with van der Waals surface area (Å²) in [4.78, 5) is 57.0. The molecule has 0 bridgehead atoms. The number of hydrogen-bond donors (Lipinski definition) is 0. The van der Waals surface area contributed by atoms with Crippen LogP contribution in [-0.4, -0.2) is 67.3 Å². The van der Waals surface area contributed by atoms with E-state index in [1.807, 2.05) is 0 Å². The van der Waals surface area contributed by atoms with Crippen LogP contribution < -0.4 is 0 Å². The van der Waals surface area contributed by atoms with Gasteiger partial charge in [0.25, 0.3) is 0 Å². The third-order valence-electron chi connectivity index (χ3n) is 6.78. The quantitative estimate of drug-likeness (QED) is 0.186. The van der Waals surface area contributed by atoms with Gasteiger partial charge in [-0.1, -0.05) is 12.1 Å². The summed E-state index contributed by atoms with van der Waals surface area (Å²) >= 11 is 0. The van der Waals surface area contributed by atoms with Gasteiger partial charge in [-0.3, -0.25) is 24.2 Å². The van der Waals surface area contributed by atoms with Crippen LogP contribution in [0.2, 0.25) is 0 Å². The lowest BCUT2D eigenvalue weighted by atomic mass is 9.92. The van der Waals surface area contributed by atoms with E-state index in [9.17, 15) is 32.3 Å². The van der Waals surface area contributed by atoms with Crippen molar-refractivity contribution in [2.75, 3.05) is 6.61 Å². The Morgan fingerprint density at radius 2 is 1.06 bits per heavy atom. The van der Waals surface area contributed by atoms with Crippen LogP contribution in [0.25, 0.3) is 0 Å². The van der Waals surface area contributed by atoms with Gasteiger partial charge >= 0.3 is 30.1 Å². The van der Waals surface area contributed by atoms with Gasteiger partial charge in [0.1, 0.15) is 12.7 Å². The number of carbonyl (C=O) groups is 4. The minimum atomic E-state index is -4.55. The Labute approximate surface area is 274 Å². The first-order valence-corrected chi connectivity index (χ1v) is 15.3. The van der Waals surface area contributed by atoms with Crippen LogP contribution in [0, 0.1) is 21.7 Å². The van der Waals surface area contributed by atoms with E-state index in [2.05, 4.69) is 4.99 Å². The summed E-state index contributed by atoms with van der Waals surface area (Å²) in [7, 11) is 0. The molecule has 0 aromatic heterocycles. The van der Waals surface area contributed by atoms with E-state index < -0.39 is 94.5 Å². The van der Waals surface area contributed by atoms with Crippen LogP contribution in [0.4, 0.5) is 13.2 Å². The number of alkyl halides is 3. The van der Waals surface area contributed by atoms with Gasteiger partial charge in [-0.2, -0.15) is 13.2 Å². The third kappa shape index (κ3) is 11.3.